The Kier molecular flexibility index (Phi) is 5.53. The smallest absolute Gasteiger partial charge is 0.258 e. The van der Waals surface area contributed by atoms with Crippen molar-refractivity contribution in [3.63, 3.8) is 0 Å². The Morgan fingerprint density at radius 3 is 2.50 bits per heavy atom. The van der Waals surface area contributed by atoms with Crippen LogP contribution >= 0.6 is 0 Å². The summed E-state index contributed by atoms with van der Waals surface area (Å²) in [7, 11) is 0. The first-order chi connectivity index (χ1) is 10.6. The Labute approximate surface area is 130 Å². The number of carbonyl (C=O) groups is 1. The van der Waals surface area contributed by atoms with Gasteiger partial charge in [-0.1, -0.05) is 48.9 Å². The normalized spacial score (nSPS) is 11.8. The fraction of sp³-hybridized carbons (Fsp3) is 0.278. The summed E-state index contributed by atoms with van der Waals surface area (Å²) < 4.78 is 18.6. The molecule has 3 nitrogen and oxygen atoms in total. The maximum absolute atomic E-state index is 13.4. The van der Waals surface area contributed by atoms with Crippen LogP contribution in [0.25, 0.3) is 0 Å². The minimum Gasteiger partial charge on any atom is -0.481 e. The van der Waals surface area contributed by atoms with E-state index in [0.717, 1.165) is 12.0 Å². The van der Waals surface area contributed by atoms with Gasteiger partial charge in [0.05, 0.1) is 6.04 Å². The van der Waals surface area contributed by atoms with E-state index in [1.807, 2.05) is 38.1 Å². The van der Waals surface area contributed by atoms with Gasteiger partial charge < -0.3 is 10.1 Å². The molecule has 4 heteroatoms. The number of hydrogen-bond acceptors (Lipinski definition) is 2. The van der Waals surface area contributed by atoms with E-state index in [4.69, 9.17) is 4.74 Å². The zero-order chi connectivity index (χ0) is 15.9. The van der Waals surface area contributed by atoms with E-state index in [9.17, 15) is 9.18 Å². The zero-order valence-corrected chi connectivity index (χ0v) is 12.8. The average molecular weight is 301 g/mol. The molecule has 0 unspecified atom stereocenters. The van der Waals surface area contributed by atoms with Gasteiger partial charge in [0.1, 0.15) is 0 Å². The number of para-hydroxylation sites is 1. The van der Waals surface area contributed by atoms with E-state index in [-0.39, 0.29) is 24.3 Å². The van der Waals surface area contributed by atoms with Crippen molar-refractivity contribution >= 4 is 5.91 Å². The molecular formula is C18H20FNO2. The first-order valence-corrected chi connectivity index (χ1v) is 7.33. The van der Waals surface area contributed by atoms with E-state index in [1.54, 1.807) is 12.1 Å². The van der Waals surface area contributed by atoms with Crippen LogP contribution in [0.15, 0.2) is 48.5 Å². The van der Waals surface area contributed by atoms with Crippen molar-refractivity contribution in [2.24, 2.45) is 0 Å². The van der Waals surface area contributed by atoms with E-state index in [0.29, 0.717) is 0 Å². The quantitative estimate of drug-likeness (QED) is 0.881. The number of ether oxygens (including phenoxy) is 1. The molecule has 0 aliphatic rings. The van der Waals surface area contributed by atoms with Crippen molar-refractivity contribution < 1.29 is 13.9 Å². The number of halogens is 1. The van der Waals surface area contributed by atoms with Crippen LogP contribution in [0.2, 0.25) is 0 Å². The molecule has 0 spiro atoms. The van der Waals surface area contributed by atoms with Crippen molar-refractivity contribution in [2.75, 3.05) is 6.61 Å². The van der Waals surface area contributed by atoms with Gasteiger partial charge in [-0.15, -0.1) is 0 Å². The average Bonchev–Trinajstić information content (AvgIpc) is 2.53. The highest BCUT2D eigenvalue weighted by Gasteiger charge is 2.13. The number of nitrogens with one attached hydrogen (secondary N) is 1. The molecule has 2 aromatic carbocycles. The summed E-state index contributed by atoms with van der Waals surface area (Å²) >= 11 is 0. The molecule has 0 fully saturated rings. The van der Waals surface area contributed by atoms with Crippen molar-refractivity contribution in [1.82, 2.24) is 5.32 Å². The van der Waals surface area contributed by atoms with Gasteiger partial charge in [-0.25, -0.2) is 4.39 Å². The molecular weight excluding hydrogens is 281 g/mol. The monoisotopic (exact) mass is 301 g/mol. The highest BCUT2D eigenvalue weighted by molar-refractivity contribution is 5.78. The summed E-state index contributed by atoms with van der Waals surface area (Å²) in [6.45, 7) is 3.82. The molecule has 1 amide bonds. The lowest BCUT2D eigenvalue weighted by atomic mass is 10.0. The summed E-state index contributed by atoms with van der Waals surface area (Å²) in [4.78, 5) is 12.0. The molecule has 2 rings (SSSR count). The van der Waals surface area contributed by atoms with Crippen molar-refractivity contribution in [3.8, 4) is 5.75 Å². The third-order valence-corrected chi connectivity index (χ3v) is 3.42. The Hall–Kier alpha value is -2.36. The van der Waals surface area contributed by atoms with Gasteiger partial charge in [0.15, 0.2) is 18.2 Å². The van der Waals surface area contributed by atoms with Gasteiger partial charge in [-0.3, -0.25) is 4.79 Å². The number of hydrogen-bond donors (Lipinski definition) is 1. The van der Waals surface area contributed by atoms with Gasteiger partial charge >= 0.3 is 0 Å². The maximum atomic E-state index is 13.4. The minimum atomic E-state index is -0.471. The summed E-state index contributed by atoms with van der Waals surface area (Å²) in [6, 6.07) is 14.0. The van der Waals surface area contributed by atoms with E-state index in [2.05, 4.69) is 5.32 Å². The summed E-state index contributed by atoms with van der Waals surface area (Å²) in [5.41, 5.74) is 2.22. The van der Waals surface area contributed by atoms with Crippen LogP contribution in [0, 0.1) is 12.7 Å². The van der Waals surface area contributed by atoms with Gasteiger partial charge in [0, 0.05) is 0 Å². The van der Waals surface area contributed by atoms with Crippen LogP contribution in [0.4, 0.5) is 4.39 Å². The minimum absolute atomic E-state index is 0.0719. The van der Waals surface area contributed by atoms with Crippen LogP contribution in [0.3, 0.4) is 0 Å². The molecule has 1 atom stereocenters. The van der Waals surface area contributed by atoms with E-state index < -0.39 is 5.82 Å². The standard InChI is InChI=1S/C18H20FNO2/c1-3-16(14-10-8-13(2)9-11-14)20-18(21)12-22-17-7-5-4-6-15(17)19/h4-11,16H,3,12H2,1-2H3,(H,20,21)/t16-/m0/s1. The van der Waals surface area contributed by atoms with Crippen LogP contribution in [-0.4, -0.2) is 12.5 Å². The molecule has 0 saturated carbocycles. The molecule has 0 aromatic heterocycles. The van der Waals surface area contributed by atoms with Crippen molar-refractivity contribution in [3.05, 3.63) is 65.5 Å². The van der Waals surface area contributed by atoms with Gasteiger partial charge in [0.25, 0.3) is 5.91 Å². The second-order valence-corrected chi connectivity index (χ2v) is 5.16. The number of benzene rings is 2. The van der Waals surface area contributed by atoms with Crippen molar-refractivity contribution in [2.45, 2.75) is 26.3 Å². The Morgan fingerprint density at radius 2 is 1.86 bits per heavy atom. The Balaban J connectivity index is 1.92. The second-order valence-electron chi connectivity index (χ2n) is 5.16. The lowest BCUT2D eigenvalue weighted by Crippen LogP contribution is -2.32. The highest BCUT2D eigenvalue weighted by Crippen LogP contribution is 2.18. The predicted octanol–water partition coefficient (Wildman–Crippen LogP) is 3.78. The fourth-order valence-corrected chi connectivity index (χ4v) is 2.16. The third-order valence-electron chi connectivity index (χ3n) is 3.42. The van der Waals surface area contributed by atoms with Crippen LogP contribution < -0.4 is 10.1 Å². The van der Waals surface area contributed by atoms with Crippen LogP contribution in [-0.2, 0) is 4.79 Å². The molecule has 0 aliphatic carbocycles. The molecule has 2 aromatic rings. The van der Waals surface area contributed by atoms with Gasteiger partial charge in [0.2, 0.25) is 0 Å². The fourth-order valence-electron chi connectivity index (χ4n) is 2.16. The van der Waals surface area contributed by atoms with Gasteiger partial charge in [-0.2, -0.15) is 0 Å². The number of amides is 1. The highest BCUT2D eigenvalue weighted by atomic mass is 19.1. The van der Waals surface area contributed by atoms with Crippen molar-refractivity contribution in [1.29, 1.82) is 0 Å². The first-order valence-electron chi connectivity index (χ1n) is 7.33. The SMILES string of the molecule is CC[C@H](NC(=O)COc1ccccc1F)c1ccc(C)cc1. The van der Waals surface area contributed by atoms with E-state index >= 15 is 0 Å². The Morgan fingerprint density at radius 1 is 1.18 bits per heavy atom. The predicted molar refractivity (Wildman–Crippen MR) is 84.2 cm³/mol. The van der Waals surface area contributed by atoms with Crippen LogP contribution in [0.5, 0.6) is 5.75 Å². The molecule has 116 valence electrons. The molecule has 0 radical (unpaired) electrons. The maximum Gasteiger partial charge on any atom is 0.258 e. The van der Waals surface area contributed by atoms with E-state index in [1.165, 1.54) is 17.7 Å². The molecule has 1 N–H and O–H groups in total. The zero-order valence-electron chi connectivity index (χ0n) is 12.8. The summed E-state index contributed by atoms with van der Waals surface area (Å²) in [5.74, 6) is -0.655. The topological polar surface area (TPSA) is 38.3 Å². The Bertz CT molecular complexity index is 625. The third kappa shape index (κ3) is 4.32. The van der Waals surface area contributed by atoms with Gasteiger partial charge in [-0.05, 0) is 31.0 Å². The molecule has 0 heterocycles. The number of aryl methyl sites for hydroxylation is 1. The molecule has 22 heavy (non-hydrogen) atoms. The lowest BCUT2D eigenvalue weighted by molar-refractivity contribution is -0.123. The molecule has 0 aliphatic heterocycles. The second kappa shape index (κ2) is 7.59. The number of rotatable bonds is 6. The summed E-state index contributed by atoms with van der Waals surface area (Å²) in [6.07, 6.45) is 0.772. The molecule has 0 saturated heterocycles. The summed E-state index contributed by atoms with van der Waals surface area (Å²) in [5, 5.41) is 2.91. The van der Waals surface area contributed by atoms with Crippen LogP contribution in [0.1, 0.15) is 30.5 Å². The largest absolute Gasteiger partial charge is 0.481 e. The molecule has 0 bridgehead atoms. The lowest BCUT2D eigenvalue weighted by Gasteiger charge is -2.18. The number of carbonyl (C=O) groups excluding carboxylic acids is 1. The first kappa shape index (κ1) is 16.0.